The fourth-order valence-corrected chi connectivity index (χ4v) is 2.44. The molecule has 1 saturated heterocycles. The predicted octanol–water partition coefficient (Wildman–Crippen LogP) is 2.43. The molecule has 5 heteroatoms. The highest BCUT2D eigenvalue weighted by atomic mass is 16.6. The molecule has 5 nitrogen and oxygen atoms in total. The van der Waals surface area contributed by atoms with Crippen LogP contribution in [-0.4, -0.2) is 35.6 Å². The van der Waals surface area contributed by atoms with Crippen molar-refractivity contribution in [2.45, 2.75) is 31.9 Å². The molecule has 0 aliphatic carbocycles. The number of carbonyl (C=O) groups is 2. The second kappa shape index (κ2) is 5.83. The predicted molar refractivity (Wildman–Crippen MR) is 84.3 cm³/mol. The van der Waals surface area contributed by atoms with Crippen LogP contribution in [0.1, 0.15) is 26.3 Å². The van der Waals surface area contributed by atoms with Crippen LogP contribution in [-0.2, 0) is 15.1 Å². The Morgan fingerprint density at radius 1 is 1.27 bits per heavy atom. The molecular formula is C17H22N2O3. The summed E-state index contributed by atoms with van der Waals surface area (Å²) in [5.74, 6) is -0.257. The fourth-order valence-electron chi connectivity index (χ4n) is 2.44. The van der Waals surface area contributed by atoms with Crippen LogP contribution in [0.3, 0.4) is 0 Å². The van der Waals surface area contributed by atoms with E-state index < -0.39 is 11.1 Å². The van der Waals surface area contributed by atoms with Crippen LogP contribution >= 0.6 is 0 Å². The molecule has 1 aliphatic heterocycles. The van der Waals surface area contributed by atoms with Crippen molar-refractivity contribution in [2.24, 2.45) is 0 Å². The standard InChI is InChI=1S/C17H22N2O3/c1-5-14(20)18-17(13-9-7-6-8-10-13)11-19(12-17)15(21)22-16(2,3)4/h5-10H,1,11-12H2,2-4H3,(H,18,20). The largest absolute Gasteiger partial charge is 0.444 e. The maximum atomic E-state index is 12.1. The Morgan fingerprint density at radius 2 is 1.86 bits per heavy atom. The van der Waals surface area contributed by atoms with Gasteiger partial charge >= 0.3 is 6.09 Å². The summed E-state index contributed by atoms with van der Waals surface area (Å²) in [6.07, 6.45) is 0.868. The Hall–Kier alpha value is -2.30. The quantitative estimate of drug-likeness (QED) is 0.872. The highest BCUT2D eigenvalue weighted by Crippen LogP contribution is 2.33. The summed E-state index contributed by atoms with van der Waals surface area (Å²) in [6.45, 7) is 9.73. The number of amides is 2. The molecule has 0 unspecified atom stereocenters. The average Bonchev–Trinajstić information content (AvgIpc) is 2.41. The first-order valence-corrected chi connectivity index (χ1v) is 7.24. The third-order valence-electron chi connectivity index (χ3n) is 3.45. The third kappa shape index (κ3) is 3.47. The number of rotatable bonds is 3. The number of ether oxygens (including phenoxy) is 1. The van der Waals surface area contributed by atoms with Crippen LogP contribution in [0.5, 0.6) is 0 Å². The van der Waals surface area contributed by atoms with E-state index in [0.717, 1.165) is 5.56 Å². The van der Waals surface area contributed by atoms with E-state index in [9.17, 15) is 9.59 Å². The van der Waals surface area contributed by atoms with Crippen LogP contribution < -0.4 is 5.32 Å². The van der Waals surface area contributed by atoms with E-state index in [0.29, 0.717) is 13.1 Å². The number of nitrogens with zero attached hydrogens (tertiary/aromatic N) is 1. The first-order chi connectivity index (χ1) is 10.3. The Labute approximate surface area is 130 Å². The maximum Gasteiger partial charge on any atom is 0.410 e. The van der Waals surface area contributed by atoms with Crippen molar-refractivity contribution in [3.63, 3.8) is 0 Å². The van der Waals surface area contributed by atoms with Gasteiger partial charge in [0.25, 0.3) is 0 Å². The van der Waals surface area contributed by atoms with Gasteiger partial charge in [0.2, 0.25) is 5.91 Å². The summed E-state index contributed by atoms with van der Waals surface area (Å²) in [5.41, 5.74) is -0.152. The highest BCUT2D eigenvalue weighted by Gasteiger charge is 2.48. The summed E-state index contributed by atoms with van der Waals surface area (Å²) >= 11 is 0. The Kier molecular flexibility index (Phi) is 4.26. The number of hydrogen-bond acceptors (Lipinski definition) is 3. The molecule has 2 amide bonds. The zero-order valence-electron chi connectivity index (χ0n) is 13.3. The molecular weight excluding hydrogens is 280 g/mol. The van der Waals surface area contributed by atoms with Crippen LogP contribution in [0.15, 0.2) is 43.0 Å². The minimum atomic E-state index is -0.580. The SMILES string of the molecule is C=CC(=O)NC1(c2ccccc2)CN(C(=O)OC(C)(C)C)C1. The van der Waals surface area contributed by atoms with Gasteiger partial charge in [0.1, 0.15) is 11.1 Å². The fraction of sp³-hybridized carbons (Fsp3) is 0.412. The smallest absolute Gasteiger partial charge is 0.410 e. The molecule has 22 heavy (non-hydrogen) atoms. The van der Waals surface area contributed by atoms with Crippen molar-refractivity contribution in [3.05, 3.63) is 48.6 Å². The monoisotopic (exact) mass is 302 g/mol. The Balaban J connectivity index is 2.13. The van der Waals surface area contributed by atoms with Crippen molar-refractivity contribution in [1.29, 1.82) is 0 Å². The normalized spacial score (nSPS) is 16.4. The van der Waals surface area contributed by atoms with Crippen LogP contribution in [0.2, 0.25) is 0 Å². The minimum absolute atomic E-state index is 0.257. The first kappa shape index (κ1) is 16.1. The van der Waals surface area contributed by atoms with E-state index in [1.54, 1.807) is 4.90 Å². The average molecular weight is 302 g/mol. The summed E-state index contributed by atoms with van der Waals surface area (Å²) in [7, 11) is 0. The molecule has 118 valence electrons. The molecule has 1 heterocycles. The molecule has 2 rings (SSSR count). The van der Waals surface area contributed by atoms with Gasteiger partial charge in [-0.25, -0.2) is 4.79 Å². The van der Waals surface area contributed by atoms with Crippen molar-refractivity contribution in [3.8, 4) is 0 Å². The molecule has 1 aromatic carbocycles. The summed E-state index contributed by atoms with van der Waals surface area (Å²) < 4.78 is 5.36. The number of hydrogen-bond donors (Lipinski definition) is 1. The maximum absolute atomic E-state index is 12.1. The molecule has 0 atom stereocenters. The summed E-state index contributed by atoms with van der Waals surface area (Å²) in [4.78, 5) is 25.4. The second-order valence-electron chi connectivity index (χ2n) is 6.48. The molecule has 0 radical (unpaired) electrons. The van der Waals surface area contributed by atoms with Gasteiger partial charge < -0.3 is 15.0 Å². The zero-order chi connectivity index (χ0) is 16.4. The number of likely N-dealkylation sites (tertiary alicyclic amines) is 1. The van der Waals surface area contributed by atoms with Gasteiger partial charge in [-0.15, -0.1) is 0 Å². The van der Waals surface area contributed by atoms with E-state index in [1.165, 1.54) is 6.08 Å². The molecule has 1 aliphatic rings. The van der Waals surface area contributed by atoms with Gasteiger partial charge in [-0.05, 0) is 32.4 Å². The van der Waals surface area contributed by atoms with Gasteiger partial charge in [-0.3, -0.25) is 4.79 Å². The van der Waals surface area contributed by atoms with Crippen LogP contribution in [0.4, 0.5) is 4.79 Å². The van der Waals surface area contributed by atoms with Gasteiger partial charge in [0.05, 0.1) is 13.1 Å². The molecule has 0 bridgehead atoms. The second-order valence-corrected chi connectivity index (χ2v) is 6.48. The van der Waals surface area contributed by atoms with E-state index in [2.05, 4.69) is 11.9 Å². The molecule has 1 fully saturated rings. The van der Waals surface area contributed by atoms with Crippen LogP contribution in [0, 0.1) is 0 Å². The van der Waals surface area contributed by atoms with Crippen molar-refractivity contribution >= 4 is 12.0 Å². The lowest BCUT2D eigenvalue weighted by Crippen LogP contribution is -2.69. The molecule has 0 saturated carbocycles. The lowest BCUT2D eigenvalue weighted by molar-refractivity contribution is -0.121. The third-order valence-corrected chi connectivity index (χ3v) is 3.45. The van der Waals surface area contributed by atoms with E-state index in [4.69, 9.17) is 4.74 Å². The molecule has 1 aromatic rings. The molecule has 1 N–H and O–H groups in total. The van der Waals surface area contributed by atoms with Gasteiger partial charge in [-0.1, -0.05) is 36.9 Å². The summed E-state index contributed by atoms with van der Waals surface area (Å²) in [5, 5.41) is 2.94. The zero-order valence-corrected chi connectivity index (χ0v) is 13.3. The molecule has 0 aromatic heterocycles. The van der Waals surface area contributed by atoms with Gasteiger partial charge in [0.15, 0.2) is 0 Å². The van der Waals surface area contributed by atoms with Gasteiger partial charge in [-0.2, -0.15) is 0 Å². The number of carbonyl (C=O) groups excluding carboxylic acids is 2. The van der Waals surface area contributed by atoms with E-state index in [-0.39, 0.29) is 12.0 Å². The van der Waals surface area contributed by atoms with E-state index >= 15 is 0 Å². The van der Waals surface area contributed by atoms with Crippen molar-refractivity contribution in [1.82, 2.24) is 10.2 Å². The molecule has 0 spiro atoms. The van der Waals surface area contributed by atoms with Crippen molar-refractivity contribution in [2.75, 3.05) is 13.1 Å². The first-order valence-electron chi connectivity index (χ1n) is 7.24. The van der Waals surface area contributed by atoms with Gasteiger partial charge in [0, 0.05) is 0 Å². The Morgan fingerprint density at radius 3 is 2.36 bits per heavy atom. The topological polar surface area (TPSA) is 58.6 Å². The van der Waals surface area contributed by atoms with E-state index in [1.807, 2.05) is 51.1 Å². The highest BCUT2D eigenvalue weighted by molar-refractivity contribution is 5.88. The summed E-state index contributed by atoms with van der Waals surface area (Å²) in [6, 6.07) is 9.61. The lowest BCUT2D eigenvalue weighted by atomic mass is 9.82. The van der Waals surface area contributed by atoms with Crippen molar-refractivity contribution < 1.29 is 14.3 Å². The van der Waals surface area contributed by atoms with Crippen LogP contribution in [0.25, 0.3) is 0 Å². The minimum Gasteiger partial charge on any atom is -0.444 e. The lowest BCUT2D eigenvalue weighted by Gasteiger charge is -2.50. The Bertz CT molecular complexity index is 569. The number of benzene rings is 1. The number of nitrogens with one attached hydrogen (secondary N) is 1.